The number of halogens is 2. The van der Waals surface area contributed by atoms with Crippen LogP contribution < -0.4 is 5.32 Å². The van der Waals surface area contributed by atoms with Gasteiger partial charge in [0, 0.05) is 26.8 Å². The first-order chi connectivity index (χ1) is 9.38. The fourth-order valence-electron chi connectivity index (χ4n) is 2.35. The summed E-state index contributed by atoms with van der Waals surface area (Å²) in [6.45, 7) is 0. The van der Waals surface area contributed by atoms with Gasteiger partial charge in [0.1, 0.15) is 0 Å². The van der Waals surface area contributed by atoms with Crippen LogP contribution >= 0.6 is 26.6 Å². The van der Waals surface area contributed by atoms with Gasteiger partial charge < -0.3 is 5.32 Å². The molecule has 1 aromatic carbocycles. The lowest BCUT2D eigenvalue weighted by Crippen LogP contribution is -2.36. The molecule has 1 fully saturated rings. The molecule has 0 aromatic heterocycles. The maximum atomic E-state index is 12.1. The predicted octanol–water partition coefficient (Wildman–Crippen LogP) is 3.44. The van der Waals surface area contributed by atoms with E-state index >= 15 is 0 Å². The molecule has 1 aliphatic carbocycles. The Morgan fingerprint density at radius 2 is 1.90 bits per heavy atom. The van der Waals surface area contributed by atoms with Crippen molar-refractivity contribution in [1.82, 2.24) is 5.32 Å². The Kier molecular flexibility index (Phi) is 5.09. The summed E-state index contributed by atoms with van der Waals surface area (Å²) in [7, 11) is 1.47. The van der Waals surface area contributed by atoms with E-state index in [9.17, 15) is 13.2 Å². The van der Waals surface area contributed by atoms with E-state index in [2.05, 4.69) is 21.2 Å². The van der Waals surface area contributed by atoms with Crippen LogP contribution in [0.25, 0.3) is 0 Å². The highest BCUT2D eigenvalue weighted by Crippen LogP contribution is 2.26. The van der Waals surface area contributed by atoms with E-state index in [1.54, 1.807) is 6.07 Å². The number of carbonyl (C=O) groups is 1. The van der Waals surface area contributed by atoms with Crippen LogP contribution in [-0.4, -0.2) is 20.4 Å². The van der Waals surface area contributed by atoms with Crippen LogP contribution in [0.2, 0.25) is 0 Å². The van der Waals surface area contributed by atoms with Crippen LogP contribution in [0.15, 0.2) is 27.6 Å². The van der Waals surface area contributed by atoms with Gasteiger partial charge in [-0.05, 0) is 47.0 Å². The molecule has 0 radical (unpaired) electrons. The van der Waals surface area contributed by atoms with Gasteiger partial charge >= 0.3 is 0 Å². The lowest BCUT2D eigenvalue weighted by Gasteiger charge is -2.22. The van der Waals surface area contributed by atoms with E-state index in [1.807, 2.05) is 0 Å². The van der Waals surface area contributed by atoms with E-state index in [4.69, 9.17) is 10.7 Å². The number of nitrogens with one attached hydrogen (secondary N) is 1. The quantitative estimate of drug-likeness (QED) is 0.817. The SMILES string of the molecule is O=C(NC1CCCCC1)c1ccc(Br)c(S(=O)(=O)Cl)c1. The molecule has 0 heterocycles. The molecule has 110 valence electrons. The summed E-state index contributed by atoms with van der Waals surface area (Å²) >= 11 is 3.12. The molecule has 4 nitrogen and oxygen atoms in total. The minimum absolute atomic E-state index is 0.0875. The third kappa shape index (κ3) is 3.96. The first-order valence-electron chi connectivity index (χ1n) is 6.43. The smallest absolute Gasteiger partial charge is 0.262 e. The summed E-state index contributed by atoms with van der Waals surface area (Å²) in [6, 6.07) is 4.57. The van der Waals surface area contributed by atoms with Gasteiger partial charge in [0.15, 0.2) is 0 Å². The summed E-state index contributed by atoms with van der Waals surface area (Å²) in [5, 5.41) is 2.94. The number of rotatable bonds is 3. The highest BCUT2D eigenvalue weighted by molar-refractivity contribution is 9.10. The third-order valence-corrected chi connectivity index (χ3v) is 5.71. The van der Waals surface area contributed by atoms with Gasteiger partial charge in [-0.15, -0.1) is 0 Å². The standard InChI is InChI=1S/C13H15BrClNO3S/c14-11-7-6-9(8-12(11)20(15,18)19)13(17)16-10-4-2-1-3-5-10/h6-8,10H,1-5H2,(H,16,17). The van der Waals surface area contributed by atoms with Crippen molar-refractivity contribution in [2.45, 2.75) is 43.0 Å². The second-order valence-corrected chi connectivity index (χ2v) is 8.28. The van der Waals surface area contributed by atoms with E-state index in [0.717, 1.165) is 25.7 Å². The molecule has 0 bridgehead atoms. The monoisotopic (exact) mass is 379 g/mol. The minimum Gasteiger partial charge on any atom is -0.349 e. The molecule has 0 atom stereocenters. The molecular formula is C13H15BrClNO3S. The summed E-state index contributed by atoms with van der Waals surface area (Å²) in [4.78, 5) is 12.1. The molecule has 2 rings (SSSR count). The van der Waals surface area contributed by atoms with Crippen molar-refractivity contribution in [2.75, 3.05) is 0 Å². The normalized spacial score (nSPS) is 16.9. The maximum absolute atomic E-state index is 12.1. The lowest BCUT2D eigenvalue weighted by atomic mass is 9.95. The predicted molar refractivity (Wildman–Crippen MR) is 81.5 cm³/mol. The molecule has 0 spiro atoms. The molecule has 20 heavy (non-hydrogen) atoms. The summed E-state index contributed by atoms with van der Waals surface area (Å²) in [5.41, 5.74) is 0.304. The van der Waals surface area contributed by atoms with Crippen LogP contribution in [0.1, 0.15) is 42.5 Å². The van der Waals surface area contributed by atoms with Gasteiger partial charge in [-0.3, -0.25) is 4.79 Å². The Morgan fingerprint density at radius 1 is 1.25 bits per heavy atom. The van der Waals surface area contributed by atoms with Crippen LogP contribution in [0.5, 0.6) is 0 Å². The molecule has 0 aliphatic heterocycles. The molecular weight excluding hydrogens is 366 g/mol. The van der Waals surface area contributed by atoms with Crippen molar-refractivity contribution < 1.29 is 13.2 Å². The van der Waals surface area contributed by atoms with Crippen molar-refractivity contribution in [3.63, 3.8) is 0 Å². The van der Waals surface area contributed by atoms with E-state index in [-0.39, 0.29) is 16.8 Å². The lowest BCUT2D eigenvalue weighted by molar-refractivity contribution is 0.0927. The Labute approximate surface area is 131 Å². The van der Waals surface area contributed by atoms with Crippen molar-refractivity contribution in [3.8, 4) is 0 Å². The molecule has 1 N–H and O–H groups in total. The number of carbonyl (C=O) groups excluding carboxylic acids is 1. The van der Waals surface area contributed by atoms with Gasteiger partial charge in [-0.25, -0.2) is 8.42 Å². The number of amides is 1. The average molecular weight is 381 g/mol. The zero-order valence-electron chi connectivity index (χ0n) is 10.7. The maximum Gasteiger partial charge on any atom is 0.262 e. The molecule has 7 heteroatoms. The van der Waals surface area contributed by atoms with E-state index < -0.39 is 9.05 Å². The van der Waals surface area contributed by atoms with Gasteiger partial charge in [0.2, 0.25) is 0 Å². The van der Waals surface area contributed by atoms with Crippen LogP contribution in [0.3, 0.4) is 0 Å². The zero-order valence-corrected chi connectivity index (χ0v) is 13.9. The number of benzene rings is 1. The highest BCUT2D eigenvalue weighted by Gasteiger charge is 2.20. The first kappa shape index (κ1) is 15.8. The van der Waals surface area contributed by atoms with E-state index in [1.165, 1.54) is 18.6 Å². The summed E-state index contributed by atoms with van der Waals surface area (Å²) in [6.07, 6.45) is 5.39. The van der Waals surface area contributed by atoms with Crippen molar-refractivity contribution in [3.05, 3.63) is 28.2 Å². The molecule has 1 aromatic rings. The fraction of sp³-hybridized carbons (Fsp3) is 0.462. The Bertz CT molecular complexity index is 612. The third-order valence-electron chi connectivity index (χ3n) is 3.40. The van der Waals surface area contributed by atoms with Gasteiger partial charge in [0.05, 0.1) is 4.90 Å². The first-order valence-corrected chi connectivity index (χ1v) is 9.53. The second-order valence-electron chi connectivity index (χ2n) is 4.89. The Balaban J connectivity index is 2.18. The van der Waals surface area contributed by atoms with Crippen molar-refractivity contribution >= 4 is 41.6 Å². The van der Waals surface area contributed by atoms with Gasteiger partial charge in [-0.1, -0.05) is 19.3 Å². The number of hydrogen-bond acceptors (Lipinski definition) is 3. The van der Waals surface area contributed by atoms with Gasteiger partial charge in [-0.2, -0.15) is 0 Å². The van der Waals surface area contributed by atoms with Crippen molar-refractivity contribution in [2.24, 2.45) is 0 Å². The average Bonchev–Trinajstić information content (AvgIpc) is 2.39. The largest absolute Gasteiger partial charge is 0.349 e. The topological polar surface area (TPSA) is 63.2 Å². The van der Waals surface area contributed by atoms with Crippen LogP contribution in [-0.2, 0) is 9.05 Å². The molecule has 1 amide bonds. The van der Waals surface area contributed by atoms with Crippen LogP contribution in [0.4, 0.5) is 0 Å². The fourth-order valence-corrected chi connectivity index (χ4v) is 4.46. The molecule has 1 aliphatic rings. The molecule has 0 saturated heterocycles. The summed E-state index contributed by atoms with van der Waals surface area (Å²) in [5.74, 6) is -0.258. The number of hydrogen-bond donors (Lipinski definition) is 1. The van der Waals surface area contributed by atoms with Crippen molar-refractivity contribution in [1.29, 1.82) is 0 Å². The molecule has 0 unspecified atom stereocenters. The Morgan fingerprint density at radius 3 is 2.50 bits per heavy atom. The van der Waals surface area contributed by atoms with Gasteiger partial charge in [0.25, 0.3) is 15.0 Å². The zero-order chi connectivity index (χ0) is 14.8. The Hall–Kier alpha value is -0.590. The summed E-state index contributed by atoms with van der Waals surface area (Å²) < 4.78 is 23.2. The highest BCUT2D eigenvalue weighted by atomic mass is 79.9. The van der Waals surface area contributed by atoms with Crippen LogP contribution in [0, 0.1) is 0 Å². The minimum atomic E-state index is -3.88. The van der Waals surface area contributed by atoms with E-state index in [0.29, 0.717) is 10.0 Å². The molecule has 1 saturated carbocycles. The second kappa shape index (κ2) is 6.45.